The second-order valence-electron chi connectivity index (χ2n) is 1.84. The van der Waals surface area contributed by atoms with Crippen molar-refractivity contribution in [1.82, 2.24) is 0 Å². The Morgan fingerprint density at radius 1 is 1.33 bits per heavy atom. The van der Waals surface area contributed by atoms with E-state index >= 15 is 0 Å². The number of unbranched alkanes of at least 4 members (excludes halogenated alkanes) is 3. The second-order valence-corrected chi connectivity index (χ2v) is 2.92. The van der Waals surface area contributed by atoms with Gasteiger partial charge in [-0.1, -0.05) is 29.0 Å². The van der Waals surface area contributed by atoms with E-state index in [1.807, 2.05) is 0 Å². The van der Waals surface area contributed by atoms with Gasteiger partial charge in [0.2, 0.25) is 0 Å². The van der Waals surface area contributed by atoms with Crippen molar-refractivity contribution < 1.29 is 5.21 Å². The Kier molecular flexibility index (Phi) is 8.38. The molecule has 0 aliphatic carbocycles. The van der Waals surface area contributed by atoms with Crippen LogP contribution in [0.25, 0.3) is 0 Å². The van der Waals surface area contributed by atoms with Gasteiger partial charge in [-0.15, -0.1) is 5.16 Å². The molecule has 3 heteroatoms. The van der Waals surface area contributed by atoms with Gasteiger partial charge in [0.15, 0.2) is 0 Å². The van der Waals surface area contributed by atoms with Gasteiger partial charge in [0.1, 0.15) is 0 Å². The number of alkyl halides is 1. The molecule has 0 spiro atoms. The Hall–Kier alpha value is 0.200. The van der Waals surface area contributed by atoms with Crippen LogP contribution in [0.5, 0.6) is 0 Å². The van der Waals surface area contributed by atoms with Gasteiger partial charge < -0.3 is 5.21 Å². The molecule has 0 aliphatic rings. The Morgan fingerprint density at radius 3 is 2.67 bits per heavy atom. The highest BCUT2D eigenvalue weighted by Gasteiger charge is 1.84. The predicted octanol–water partition coefficient (Wildman–Crippen LogP) is 2.44. The summed E-state index contributed by atoms with van der Waals surface area (Å²) in [5, 5.41) is 10.9. The molecule has 0 saturated heterocycles. The van der Waals surface area contributed by atoms with Gasteiger partial charge >= 0.3 is 0 Å². The summed E-state index contributed by atoms with van der Waals surface area (Å²) >= 11 is 2.37. The normalized spacial score (nSPS) is 10.8. The molecule has 0 radical (unpaired) electrons. The summed E-state index contributed by atoms with van der Waals surface area (Å²) in [5.41, 5.74) is 0. The summed E-state index contributed by atoms with van der Waals surface area (Å²) in [7, 11) is 0. The van der Waals surface area contributed by atoms with Gasteiger partial charge in [-0.05, 0) is 23.7 Å². The zero-order valence-electron chi connectivity index (χ0n) is 5.39. The predicted molar refractivity (Wildman–Crippen MR) is 47.6 cm³/mol. The van der Waals surface area contributed by atoms with Gasteiger partial charge in [0.05, 0.1) is 0 Å². The Balaban J connectivity index is 2.75. The molecule has 1 N–H and O–H groups in total. The summed E-state index contributed by atoms with van der Waals surface area (Å²) in [6.07, 6.45) is 6.13. The first-order valence-electron chi connectivity index (χ1n) is 3.13. The molecule has 0 amide bonds. The van der Waals surface area contributed by atoms with Gasteiger partial charge in [0.25, 0.3) is 0 Å². The van der Waals surface area contributed by atoms with E-state index in [1.54, 1.807) is 6.21 Å². The molecule has 0 aliphatic heterocycles. The van der Waals surface area contributed by atoms with Crippen molar-refractivity contribution in [3.8, 4) is 0 Å². The van der Waals surface area contributed by atoms with Crippen LogP contribution in [0.2, 0.25) is 0 Å². The van der Waals surface area contributed by atoms with E-state index in [9.17, 15) is 0 Å². The fourth-order valence-electron chi connectivity index (χ4n) is 0.565. The van der Waals surface area contributed by atoms with Crippen molar-refractivity contribution in [3.63, 3.8) is 0 Å². The minimum atomic E-state index is 0.910. The molecular weight excluding hydrogens is 229 g/mol. The van der Waals surface area contributed by atoms with E-state index in [-0.39, 0.29) is 0 Å². The first-order chi connectivity index (χ1) is 4.41. The number of nitrogens with zero attached hydrogens (tertiary/aromatic N) is 1. The minimum Gasteiger partial charge on any atom is -0.411 e. The summed E-state index contributed by atoms with van der Waals surface area (Å²) in [5.74, 6) is 0. The van der Waals surface area contributed by atoms with E-state index < -0.39 is 0 Å². The van der Waals surface area contributed by atoms with Crippen molar-refractivity contribution >= 4 is 28.8 Å². The molecule has 9 heavy (non-hydrogen) atoms. The average Bonchev–Trinajstić information content (AvgIpc) is 1.89. The maximum absolute atomic E-state index is 7.99. The number of halogens is 1. The van der Waals surface area contributed by atoms with Crippen LogP contribution < -0.4 is 0 Å². The molecule has 2 nitrogen and oxygen atoms in total. The monoisotopic (exact) mass is 241 g/mol. The average molecular weight is 241 g/mol. The number of hydrogen-bond donors (Lipinski definition) is 1. The number of hydrogen-bond acceptors (Lipinski definition) is 2. The number of oxime groups is 1. The van der Waals surface area contributed by atoms with E-state index in [2.05, 4.69) is 27.7 Å². The van der Waals surface area contributed by atoms with E-state index in [0.29, 0.717) is 0 Å². The van der Waals surface area contributed by atoms with Crippen LogP contribution in [0.15, 0.2) is 5.16 Å². The molecule has 0 aromatic carbocycles. The lowest BCUT2D eigenvalue weighted by molar-refractivity contribution is 0.320. The van der Waals surface area contributed by atoms with Crippen LogP contribution in [-0.4, -0.2) is 15.8 Å². The molecule has 0 rings (SSSR count). The van der Waals surface area contributed by atoms with Crippen molar-refractivity contribution in [2.45, 2.75) is 25.7 Å². The summed E-state index contributed by atoms with van der Waals surface area (Å²) < 4.78 is 1.23. The van der Waals surface area contributed by atoms with Crippen molar-refractivity contribution in [2.75, 3.05) is 4.43 Å². The molecular formula is C6H12INO. The topological polar surface area (TPSA) is 32.6 Å². The van der Waals surface area contributed by atoms with Gasteiger partial charge in [0, 0.05) is 6.21 Å². The highest BCUT2D eigenvalue weighted by atomic mass is 127. The Morgan fingerprint density at radius 2 is 2.11 bits per heavy atom. The third-order valence-corrected chi connectivity index (χ3v) is 1.81. The molecule has 0 aromatic rings. The largest absolute Gasteiger partial charge is 0.411 e. The van der Waals surface area contributed by atoms with E-state index in [0.717, 1.165) is 12.8 Å². The second kappa shape index (κ2) is 8.20. The molecule has 0 unspecified atom stereocenters. The fourth-order valence-corrected chi connectivity index (χ4v) is 1.10. The zero-order valence-corrected chi connectivity index (χ0v) is 7.54. The lowest BCUT2D eigenvalue weighted by Crippen LogP contribution is -1.79. The molecule has 0 bridgehead atoms. The molecule has 0 heterocycles. The summed E-state index contributed by atoms with van der Waals surface area (Å²) in [6, 6.07) is 0. The molecule has 0 fully saturated rings. The van der Waals surface area contributed by atoms with Crippen LogP contribution in [0.3, 0.4) is 0 Å². The van der Waals surface area contributed by atoms with Gasteiger partial charge in [-0.3, -0.25) is 0 Å². The fraction of sp³-hybridized carbons (Fsp3) is 0.833. The van der Waals surface area contributed by atoms with E-state index in [4.69, 9.17) is 5.21 Å². The SMILES string of the molecule is O/N=C/CCCCCI. The third-order valence-electron chi connectivity index (χ3n) is 1.05. The summed E-state index contributed by atoms with van der Waals surface area (Å²) in [6.45, 7) is 0. The quantitative estimate of drug-likeness (QED) is 0.197. The molecule has 0 saturated carbocycles. The van der Waals surface area contributed by atoms with Gasteiger partial charge in [-0.25, -0.2) is 0 Å². The highest BCUT2D eigenvalue weighted by Crippen LogP contribution is 2.00. The lowest BCUT2D eigenvalue weighted by atomic mass is 10.2. The maximum atomic E-state index is 7.99. The van der Waals surface area contributed by atoms with Crippen molar-refractivity contribution in [1.29, 1.82) is 0 Å². The van der Waals surface area contributed by atoms with Gasteiger partial charge in [-0.2, -0.15) is 0 Å². The summed E-state index contributed by atoms with van der Waals surface area (Å²) in [4.78, 5) is 0. The van der Waals surface area contributed by atoms with Crippen molar-refractivity contribution in [2.24, 2.45) is 5.16 Å². The van der Waals surface area contributed by atoms with Crippen LogP contribution in [0, 0.1) is 0 Å². The Bertz CT molecular complexity index is 75.5. The molecule has 0 atom stereocenters. The van der Waals surface area contributed by atoms with Crippen LogP contribution in [0.4, 0.5) is 0 Å². The van der Waals surface area contributed by atoms with Crippen LogP contribution in [0.1, 0.15) is 25.7 Å². The zero-order chi connectivity index (χ0) is 6.95. The minimum absolute atomic E-state index is 0.910. The van der Waals surface area contributed by atoms with Crippen molar-refractivity contribution in [3.05, 3.63) is 0 Å². The Labute approximate surface area is 69.5 Å². The standard InChI is InChI=1S/C6H12INO/c7-5-3-1-2-4-6-8-9/h6,9H,1-5H2/b8-6+. The smallest absolute Gasteiger partial charge is 0.0435 e. The maximum Gasteiger partial charge on any atom is 0.0435 e. The first kappa shape index (κ1) is 9.20. The molecule has 0 aromatic heterocycles. The highest BCUT2D eigenvalue weighted by molar-refractivity contribution is 14.1. The third kappa shape index (κ3) is 8.20. The van der Waals surface area contributed by atoms with E-state index in [1.165, 1.54) is 17.3 Å². The lowest BCUT2D eigenvalue weighted by Gasteiger charge is -1.90. The molecule has 54 valence electrons. The first-order valence-corrected chi connectivity index (χ1v) is 4.66. The van der Waals surface area contributed by atoms with Crippen LogP contribution in [-0.2, 0) is 0 Å². The number of rotatable bonds is 5. The van der Waals surface area contributed by atoms with Crippen LogP contribution >= 0.6 is 22.6 Å².